The Balaban J connectivity index is 2.31. The van der Waals surface area contributed by atoms with Gasteiger partial charge in [0.05, 0.1) is 12.2 Å². The van der Waals surface area contributed by atoms with E-state index in [2.05, 4.69) is 18.7 Å². The molecule has 1 saturated heterocycles. The van der Waals surface area contributed by atoms with Gasteiger partial charge in [0, 0.05) is 19.2 Å². The quantitative estimate of drug-likeness (QED) is 0.745. The molecule has 0 aromatic heterocycles. The molecule has 3 heteroatoms. The molecular weight excluding hydrogens is 214 g/mol. The maximum absolute atomic E-state index is 9.77. The third-order valence-electron chi connectivity index (χ3n) is 3.57. The summed E-state index contributed by atoms with van der Waals surface area (Å²) in [7, 11) is 0. The zero-order chi connectivity index (χ0) is 12.7. The summed E-state index contributed by atoms with van der Waals surface area (Å²) in [5, 5.41) is 9.77. The van der Waals surface area contributed by atoms with Gasteiger partial charge < -0.3 is 9.84 Å². The molecule has 102 valence electrons. The maximum Gasteiger partial charge on any atom is 0.0664 e. The first-order chi connectivity index (χ1) is 8.13. The molecule has 17 heavy (non-hydrogen) atoms. The van der Waals surface area contributed by atoms with E-state index in [0.717, 1.165) is 32.5 Å². The zero-order valence-electron chi connectivity index (χ0n) is 11.7. The lowest BCUT2D eigenvalue weighted by Crippen LogP contribution is -2.44. The second-order valence-electron chi connectivity index (χ2n) is 5.41. The van der Waals surface area contributed by atoms with Crippen LogP contribution in [-0.4, -0.2) is 48.0 Å². The van der Waals surface area contributed by atoms with Crippen molar-refractivity contribution in [2.45, 2.75) is 71.1 Å². The normalized spacial score (nSPS) is 24.2. The Hall–Kier alpha value is -0.120. The van der Waals surface area contributed by atoms with Gasteiger partial charge in [0.1, 0.15) is 0 Å². The van der Waals surface area contributed by atoms with Crippen molar-refractivity contribution in [2.75, 3.05) is 19.7 Å². The molecule has 0 aromatic carbocycles. The predicted octanol–water partition coefficient (Wildman–Crippen LogP) is 2.43. The fourth-order valence-electron chi connectivity index (χ4n) is 2.47. The van der Waals surface area contributed by atoms with Crippen molar-refractivity contribution in [3.63, 3.8) is 0 Å². The van der Waals surface area contributed by atoms with Crippen molar-refractivity contribution < 1.29 is 9.84 Å². The van der Waals surface area contributed by atoms with E-state index in [1.54, 1.807) is 0 Å². The molecule has 1 fully saturated rings. The number of β-amino-alcohol motifs (C(OH)–C–C–N with tert-alkyl or cyclic N) is 1. The zero-order valence-corrected chi connectivity index (χ0v) is 11.7. The summed E-state index contributed by atoms with van der Waals surface area (Å²) in [5.74, 6) is 0. The van der Waals surface area contributed by atoms with Crippen LogP contribution in [0.1, 0.15) is 52.9 Å². The van der Waals surface area contributed by atoms with Crippen molar-refractivity contribution in [1.82, 2.24) is 4.90 Å². The molecule has 1 unspecified atom stereocenters. The minimum atomic E-state index is -0.165. The standard InChI is InChI=1S/C14H29NO2/c1-4-14(16)11-15-9-6-5-7-13(15)8-10-17-12(2)3/h12-14,16H,4-11H2,1-3H3/t13?,14-/m1/s1. The number of hydrogen-bond donors (Lipinski definition) is 1. The summed E-state index contributed by atoms with van der Waals surface area (Å²) >= 11 is 0. The molecule has 1 N–H and O–H groups in total. The first-order valence-corrected chi connectivity index (χ1v) is 7.17. The van der Waals surface area contributed by atoms with E-state index in [1.165, 1.54) is 19.3 Å². The fourth-order valence-corrected chi connectivity index (χ4v) is 2.47. The van der Waals surface area contributed by atoms with Crippen LogP contribution in [0.15, 0.2) is 0 Å². The van der Waals surface area contributed by atoms with Crippen LogP contribution in [0.3, 0.4) is 0 Å². The first-order valence-electron chi connectivity index (χ1n) is 7.17. The van der Waals surface area contributed by atoms with Gasteiger partial charge in [-0.25, -0.2) is 0 Å². The highest BCUT2D eigenvalue weighted by Crippen LogP contribution is 2.20. The third kappa shape index (κ3) is 5.84. The van der Waals surface area contributed by atoms with Crippen LogP contribution in [-0.2, 0) is 4.74 Å². The van der Waals surface area contributed by atoms with E-state index in [9.17, 15) is 5.11 Å². The van der Waals surface area contributed by atoms with Gasteiger partial charge in [-0.15, -0.1) is 0 Å². The van der Waals surface area contributed by atoms with Crippen molar-refractivity contribution in [3.8, 4) is 0 Å². The number of nitrogens with zero attached hydrogens (tertiary/aromatic N) is 1. The minimum absolute atomic E-state index is 0.165. The van der Waals surface area contributed by atoms with Crippen LogP contribution < -0.4 is 0 Å². The molecule has 0 aliphatic carbocycles. The highest BCUT2D eigenvalue weighted by atomic mass is 16.5. The lowest BCUT2D eigenvalue weighted by Gasteiger charge is -2.37. The largest absolute Gasteiger partial charge is 0.392 e. The maximum atomic E-state index is 9.77. The van der Waals surface area contributed by atoms with Gasteiger partial charge >= 0.3 is 0 Å². The second-order valence-corrected chi connectivity index (χ2v) is 5.41. The Morgan fingerprint density at radius 3 is 2.76 bits per heavy atom. The van der Waals surface area contributed by atoms with Crippen molar-refractivity contribution >= 4 is 0 Å². The molecule has 0 radical (unpaired) electrons. The molecule has 1 heterocycles. The van der Waals surface area contributed by atoms with Gasteiger partial charge in [-0.05, 0) is 46.1 Å². The highest BCUT2D eigenvalue weighted by Gasteiger charge is 2.23. The molecule has 3 nitrogen and oxygen atoms in total. The number of aliphatic hydroxyl groups excluding tert-OH is 1. The summed E-state index contributed by atoms with van der Waals surface area (Å²) in [6.07, 6.45) is 5.98. The fraction of sp³-hybridized carbons (Fsp3) is 1.00. The van der Waals surface area contributed by atoms with Gasteiger partial charge in [-0.2, -0.15) is 0 Å². The highest BCUT2D eigenvalue weighted by molar-refractivity contribution is 4.78. The van der Waals surface area contributed by atoms with Crippen LogP contribution in [0.5, 0.6) is 0 Å². The van der Waals surface area contributed by atoms with Gasteiger partial charge in [-0.3, -0.25) is 4.90 Å². The summed E-state index contributed by atoms with van der Waals surface area (Å²) in [6, 6.07) is 0.615. The van der Waals surface area contributed by atoms with Crippen LogP contribution in [0.4, 0.5) is 0 Å². The Morgan fingerprint density at radius 2 is 2.12 bits per heavy atom. The number of hydrogen-bond acceptors (Lipinski definition) is 3. The van der Waals surface area contributed by atoms with E-state index >= 15 is 0 Å². The monoisotopic (exact) mass is 243 g/mol. The SMILES string of the molecule is CC[C@@H](O)CN1CCCCC1CCOC(C)C. The van der Waals surface area contributed by atoms with Gasteiger partial charge in [0.15, 0.2) is 0 Å². The topological polar surface area (TPSA) is 32.7 Å². The molecule has 0 saturated carbocycles. The number of likely N-dealkylation sites (tertiary alicyclic amines) is 1. The molecule has 0 aromatic rings. The lowest BCUT2D eigenvalue weighted by atomic mass is 9.99. The molecule has 1 aliphatic heterocycles. The van der Waals surface area contributed by atoms with Crippen molar-refractivity contribution in [2.24, 2.45) is 0 Å². The van der Waals surface area contributed by atoms with Crippen LogP contribution in [0, 0.1) is 0 Å². The molecule has 0 bridgehead atoms. The first kappa shape index (κ1) is 14.9. The Labute approximate surface area is 106 Å². The van der Waals surface area contributed by atoms with Gasteiger partial charge in [0.25, 0.3) is 0 Å². The summed E-state index contributed by atoms with van der Waals surface area (Å²) < 4.78 is 5.64. The van der Waals surface area contributed by atoms with Gasteiger partial charge in [0.2, 0.25) is 0 Å². The van der Waals surface area contributed by atoms with Crippen molar-refractivity contribution in [1.29, 1.82) is 0 Å². The van der Waals surface area contributed by atoms with Crippen LogP contribution >= 0.6 is 0 Å². The van der Waals surface area contributed by atoms with Crippen molar-refractivity contribution in [3.05, 3.63) is 0 Å². The van der Waals surface area contributed by atoms with Crippen LogP contribution in [0.2, 0.25) is 0 Å². The molecule has 1 aliphatic rings. The summed E-state index contributed by atoms with van der Waals surface area (Å²) in [5.41, 5.74) is 0. The minimum Gasteiger partial charge on any atom is -0.392 e. The molecule has 0 amide bonds. The summed E-state index contributed by atoms with van der Waals surface area (Å²) in [6.45, 7) is 9.04. The second kappa shape index (κ2) is 8.06. The molecule has 0 spiro atoms. The average Bonchev–Trinajstić information content (AvgIpc) is 2.30. The number of rotatable bonds is 7. The predicted molar refractivity (Wildman–Crippen MR) is 71.2 cm³/mol. The molecular formula is C14H29NO2. The van der Waals surface area contributed by atoms with Gasteiger partial charge in [-0.1, -0.05) is 13.3 Å². The Kier molecular flexibility index (Phi) is 7.09. The number of ether oxygens (including phenoxy) is 1. The summed E-state index contributed by atoms with van der Waals surface area (Å²) in [4.78, 5) is 2.46. The van der Waals surface area contributed by atoms with E-state index in [0.29, 0.717) is 12.1 Å². The van der Waals surface area contributed by atoms with E-state index < -0.39 is 0 Å². The Bertz CT molecular complexity index is 197. The van der Waals surface area contributed by atoms with E-state index in [1.807, 2.05) is 6.92 Å². The smallest absolute Gasteiger partial charge is 0.0664 e. The molecule has 2 atom stereocenters. The number of aliphatic hydroxyl groups is 1. The number of piperidine rings is 1. The Morgan fingerprint density at radius 1 is 1.35 bits per heavy atom. The molecule has 1 rings (SSSR count). The van der Waals surface area contributed by atoms with E-state index in [-0.39, 0.29) is 6.10 Å². The lowest BCUT2D eigenvalue weighted by molar-refractivity contribution is 0.0286. The third-order valence-corrected chi connectivity index (χ3v) is 3.57. The van der Waals surface area contributed by atoms with Crippen LogP contribution in [0.25, 0.3) is 0 Å². The average molecular weight is 243 g/mol. The van der Waals surface area contributed by atoms with E-state index in [4.69, 9.17) is 4.74 Å².